The van der Waals surface area contributed by atoms with E-state index in [1.165, 1.54) is 0 Å². The SMILES string of the molecule is COc1ccc(-n2ccnc2CN(CCN(C)C)Cc2nc[nH]c2C)cc1.O=CO.O=CO. The number of ether oxygens (including phenoxy) is 1. The molecule has 11 nitrogen and oxygen atoms in total. The van der Waals surface area contributed by atoms with Gasteiger partial charge in [-0.1, -0.05) is 0 Å². The van der Waals surface area contributed by atoms with Gasteiger partial charge in [0.2, 0.25) is 0 Å². The molecular formula is C22H32N6O5. The fourth-order valence-electron chi connectivity index (χ4n) is 2.94. The third-order valence-corrected chi connectivity index (χ3v) is 4.60. The Kier molecular flexibility index (Phi) is 12.6. The molecule has 0 radical (unpaired) electrons. The quantitative estimate of drug-likeness (QED) is 0.409. The molecule has 2 aromatic heterocycles. The number of likely N-dealkylation sites (N-methyl/N-ethyl adjacent to an activating group) is 1. The zero-order chi connectivity index (χ0) is 24.6. The van der Waals surface area contributed by atoms with Gasteiger partial charge in [-0.2, -0.15) is 0 Å². The molecule has 0 fully saturated rings. The molecule has 0 saturated heterocycles. The topological polar surface area (TPSA) is 137 Å². The van der Waals surface area contributed by atoms with Gasteiger partial charge < -0.3 is 29.4 Å². The molecule has 0 saturated carbocycles. The van der Waals surface area contributed by atoms with E-state index in [4.69, 9.17) is 24.5 Å². The summed E-state index contributed by atoms with van der Waals surface area (Å²) in [6.07, 6.45) is 5.61. The lowest BCUT2D eigenvalue weighted by molar-refractivity contribution is -0.123. The van der Waals surface area contributed by atoms with Gasteiger partial charge in [-0.25, -0.2) is 9.97 Å². The summed E-state index contributed by atoms with van der Waals surface area (Å²) >= 11 is 0. The highest BCUT2D eigenvalue weighted by atomic mass is 16.5. The van der Waals surface area contributed by atoms with Crippen LogP contribution in [0.2, 0.25) is 0 Å². The van der Waals surface area contributed by atoms with Crippen LogP contribution in [0.15, 0.2) is 43.0 Å². The van der Waals surface area contributed by atoms with Gasteiger partial charge in [0.25, 0.3) is 12.9 Å². The molecule has 33 heavy (non-hydrogen) atoms. The third kappa shape index (κ3) is 9.54. The Hall–Kier alpha value is -3.70. The van der Waals surface area contributed by atoms with Gasteiger partial charge in [0.05, 0.1) is 25.7 Å². The van der Waals surface area contributed by atoms with Gasteiger partial charge >= 0.3 is 0 Å². The first kappa shape index (κ1) is 27.3. The van der Waals surface area contributed by atoms with E-state index in [0.717, 1.165) is 54.8 Å². The number of benzene rings is 1. The molecule has 0 unspecified atom stereocenters. The van der Waals surface area contributed by atoms with E-state index in [-0.39, 0.29) is 12.9 Å². The van der Waals surface area contributed by atoms with Gasteiger partial charge in [0, 0.05) is 43.4 Å². The largest absolute Gasteiger partial charge is 0.497 e. The Bertz CT molecular complexity index is 933. The normalized spacial score (nSPS) is 10.1. The minimum Gasteiger partial charge on any atom is -0.497 e. The summed E-state index contributed by atoms with van der Waals surface area (Å²) in [6.45, 7) is 5.02. The molecule has 11 heteroatoms. The Morgan fingerprint density at radius 2 is 1.70 bits per heavy atom. The van der Waals surface area contributed by atoms with Crippen molar-refractivity contribution >= 4 is 12.9 Å². The predicted octanol–water partition coefficient (Wildman–Crippen LogP) is 1.88. The highest BCUT2D eigenvalue weighted by Crippen LogP contribution is 2.18. The minimum atomic E-state index is -0.250. The molecule has 0 aliphatic heterocycles. The van der Waals surface area contributed by atoms with Crippen molar-refractivity contribution in [1.82, 2.24) is 29.3 Å². The second kappa shape index (κ2) is 15.2. The summed E-state index contributed by atoms with van der Waals surface area (Å²) in [4.78, 5) is 33.5. The molecule has 0 aliphatic carbocycles. The maximum absolute atomic E-state index is 8.36. The molecular weight excluding hydrogens is 428 g/mol. The summed E-state index contributed by atoms with van der Waals surface area (Å²) in [7, 11) is 5.86. The van der Waals surface area contributed by atoms with E-state index < -0.39 is 0 Å². The van der Waals surface area contributed by atoms with Crippen LogP contribution in [0.4, 0.5) is 0 Å². The highest BCUT2D eigenvalue weighted by Gasteiger charge is 2.14. The van der Waals surface area contributed by atoms with Gasteiger partial charge in [-0.15, -0.1) is 0 Å². The number of hydrogen-bond donors (Lipinski definition) is 3. The number of aromatic amines is 1. The van der Waals surface area contributed by atoms with Crippen LogP contribution in [-0.2, 0) is 22.7 Å². The molecule has 0 aliphatic rings. The maximum Gasteiger partial charge on any atom is 0.290 e. The lowest BCUT2D eigenvalue weighted by atomic mass is 10.3. The number of rotatable bonds is 9. The first-order chi connectivity index (χ1) is 15.9. The van der Waals surface area contributed by atoms with E-state index in [9.17, 15) is 0 Å². The van der Waals surface area contributed by atoms with Crippen LogP contribution in [0.1, 0.15) is 17.2 Å². The Balaban J connectivity index is 0.000000819. The number of hydrogen-bond acceptors (Lipinski definition) is 7. The zero-order valence-electron chi connectivity index (χ0n) is 19.4. The molecule has 180 valence electrons. The lowest BCUT2D eigenvalue weighted by Crippen LogP contribution is -2.32. The van der Waals surface area contributed by atoms with Gasteiger partial charge in [0.15, 0.2) is 0 Å². The fourth-order valence-corrected chi connectivity index (χ4v) is 2.94. The number of aryl methyl sites for hydroxylation is 1. The van der Waals surface area contributed by atoms with Crippen molar-refractivity contribution in [2.45, 2.75) is 20.0 Å². The number of aromatic nitrogens is 4. The monoisotopic (exact) mass is 460 g/mol. The van der Waals surface area contributed by atoms with Crippen molar-refractivity contribution < 1.29 is 24.5 Å². The molecule has 3 aromatic rings. The number of carboxylic acid groups (broad SMARTS) is 2. The number of nitrogens with zero attached hydrogens (tertiary/aromatic N) is 5. The Morgan fingerprint density at radius 3 is 2.21 bits per heavy atom. The van der Waals surface area contributed by atoms with Crippen molar-refractivity contribution in [3.05, 3.63) is 60.2 Å². The van der Waals surface area contributed by atoms with Crippen LogP contribution >= 0.6 is 0 Å². The number of methoxy groups -OCH3 is 1. The van der Waals surface area contributed by atoms with Crippen molar-refractivity contribution in [3.63, 3.8) is 0 Å². The van der Waals surface area contributed by atoms with Gasteiger partial charge in [-0.05, 0) is 45.3 Å². The Labute approximate surface area is 193 Å². The number of nitrogens with one attached hydrogen (secondary N) is 1. The molecule has 0 amide bonds. The molecule has 0 spiro atoms. The summed E-state index contributed by atoms with van der Waals surface area (Å²) in [5, 5.41) is 13.8. The number of H-pyrrole nitrogens is 1. The van der Waals surface area contributed by atoms with Crippen molar-refractivity contribution in [1.29, 1.82) is 0 Å². The second-order valence-electron chi connectivity index (χ2n) is 7.11. The number of carbonyl (C=O) groups is 2. The van der Waals surface area contributed by atoms with Crippen LogP contribution < -0.4 is 4.74 Å². The van der Waals surface area contributed by atoms with Crippen LogP contribution in [-0.4, -0.2) is 86.8 Å². The average molecular weight is 461 g/mol. The zero-order valence-corrected chi connectivity index (χ0v) is 19.4. The molecule has 1 aromatic carbocycles. The fraction of sp³-hybridized carbons (Fsp3) is 0.364. The summed E-state index contributed by atoms with van der Waals surface area (Å²) in [5.74, 6) is 1.86. The van der Waals surface area contributed by atoms with Crippen LogP contribution in [0.25, 0.3) is 5.69 Å². The van der Waals surface area contributed by atoms with E-state index in [1.807, 2.05) is 36.7 Å². The second-order valence-corrected chi connectivity index (χ2v) is 7.11. The minimum absolute atomic E-state index is 0.250. The molecule has 2 heterocycles. The Morgan fingerprint density at radius 1 is 1.06 bits per heavy atom. The lowest BCUT2D eigenvalue weighted by Gasteiger charge is -2.24. The van der Waals surface area contributed by atoms with Gasteiger partial charge in [-0.3, -0.25) is 14.5 Å². The summed E-state index contributed by atoms with van der Waals surface area (Å²) in [6, 6.07) is 8.03. The van der Waals surface area contributed by atoms with Crippen molar-refractivity contribution in [2.75, 3.05) is 34.3 Å². The standard InChI is InChI=1S/C20H28N6O.2CH2O2/c1-16-19(23-15-22-16)13-25(12-11-24(2)3)14-20-21-9-10-26(20)17-5-7-18(27-4)8-6-17;2*2-1-3/h5-10,15H,11-14H2,1-4H3,(H,22,23);2*1H,(H,2,3). The highest BCUT2D eigenvalue weighted by molar-refractivity contribution is 5.38. The van der Waals surface area contributed by atoms with Crippen LogP contribution in [0.3, 0.4) is 0 Å². The summed E-state index contributed by atoms with van der Waals surface area (Å²) in [5.41, 5.74) is 3.27. The molecule has 3 rings (SSSR count). The van der Waals surface area contributed by atoms with Gasteiger partial charge in [0.1, 0.15) is 11.6 Å². The van der Waals surface area contributed by atoms with E-state index in [2.05, 4.69) is 50.3 Å². The first-order valence-corrected chi connectivity index (χ1v) is 10.1. The molecule has 0 atom stereocenters. The summed E-state index contributed by atoms with van der Waals surface area (Å²) < 4.78 is 7.38. The molecule has 0 bridgehead atoms. The first-order valence-electron chi connectivity index (χ1n) is 10.1. The van der Waals surface area contributed by atoms with Crippen molar-refractivity contribution in [2.24, 2.45) is 0 Å². The van der Waals surface area contributed by atoms with E-state index >= 15 is 0 Å². The molecule has 3 N–H and O–H groups in total. The average Bonchev–Trinajstić information content (AvgIpc) is 3.42. The van der Waals surface area contributed by atoms with Crippen LogP contribution in [0, 0.1) is 6.92 Å². The smallest absolute Gasteiger partial charge is 0.290 e. The van der Waals surface area contributed by atoms with E-state index in [1.54, 1.807) is 13.4 Å². The maximum atomic E-state index is 8.36. The third-order valence-electron chi connectivity index (χ3n) is 4.60. The predicted molar refractivity (Wildman–Crippen MR) is 123 cm³/mol. The van der Waals surface area contributed by atoms with Crippen molar-refractivity contribution in [3.8, 4) is 11.4 Å². The number of imidazole rings is 2. The van der Waals surface area contributed by atoms with E-state index in [0.29, 0.717) is 0 Å². The van der Waals surface area contributed by atoms with Crippen LogP contribution in [0.5, 0.6) is 5.75 Å².